The van der Waals surface area contributed by atoms with Crippen LogP contribution in [0.15, 0.2) is 12.7 Å². The van der Waals surface area contributed by atoms with Crippen LogP contribution in [0.2, 0.25) is 5.28 Å². The van der Waals surface area contributed by atoms with Crippen LogP contribution in [0.4, 0.5) is 0 Å². The number of nitrogens with two attached hydrogens (primary N) is 1. The highest BCUT2D eigenvalue weighted by atomic mass is 27.1. The summed E-state index contributed by atoms with van der Waals surface area (Å²) in [5, 5.41) is 1.07. The van der Waals surface area contributed by atoms with E-state index in [2.05, 4.69) is 6.58 Å². The zero-order valence-electron chi connectivity index (χ0n) is 3.28. The van der Waals surface area contributed by atoms with Gasteiger partial charge >= 0.3 is 15.4 Å². The first-order valence-electron chi connectivity index (χ1n) is 1.72. The first kappa shape index (κ1) is 5.23. The van der Waals surface area contributed by atoms with Crippen LogP contribution in [-0.4, -0.2) is 15.4 Å². The van der Waals surface area contributed by atoms with Gasteiger partial charge in [-0.1, -0.05) is 5.28 Å². The molecule has 1 nitrogen and oxygen atoms in total. The monoisotopic (exact) mass is 85.0 g/mol. The minimum atomic E-state index is -0.204. The predicted molar refractivity (Wildman–Crippen MR) is 26.3 cm³/mol. The largest absolute Gasteiger partial charge is 0.415 e. The van der Waals surface area contributed by atoms with Crippen molar-refractivity contribution in [2.75, 3.05) is 0 Å². The molecule has 5 heavy (non-hydrogen) atoms. The van der Waals surface area contributed by atoms with Crippen LogP contribution in [0, 0.1) is 0 Å². The molecule has 0 aromatic rings. The average molecular weight is 85.1 g/mol. The van der Waals surface area contributed by atoms with Crippen LogP contribution in [0.1, 0.15) is 0 Å². The number of rotatable bonds is 2. The van der Waals surface area contributed by atoms with Gasteiger partial charge in [0.05, 0.1) is 0 Å². The second kappa shape index (κ2) is 4.23. The molecule has 28 valence electrons. The van der Waals surface area contributed by atoms with Gasteiger partial charge in [0.25, 0.3) is 0 Å². The van der Waals surface area contributed by atoms with Crippen molar-refractivity contribution in [1.82, 2.24) is 0 Å². The average Bonchev–Trinajstić information content (AvgIpc) is 1.41. The smallest absolute Gasteiger partial charge is 0.345 e. The van der Waals surface area contributed by atoms with E-state index in [0.717, 1.165) is 5.28 Å². The van der Waals surface area contributed by atoms with Gasteiger partial charge in [0.2, 0.25) is 0 Å². The van der Waals surface area contributed by atoms with Gasteiger partial charge in [0.15, 0.2) is 0 Å². The highest BCUT2D eigenvalue weighted by Crippen LogP contribution is 1.66. The van der Waals surface area contributed by atoms with Crippen LogP contribution >= 0.6 is 0 Å². The lowest BCUT2D eigenvalue weighted by molar-refractivity contribution is 1.66. The first-order chi connectivity index (χ1) is 2.41. The summed E-state index contributed by atoms with van der Waals surface area (Å²) in [6.45, 7) is 3.51. The van der Waals surface area contributed by atoms with Crippen LogP contribution < -0.4 is 4.72 Å². The SMILES string of the molecule is C=C[CH2][AlH][NH2]. The molecule has 0 saturated heterocycles. The van der Waals surface area contributed by atoms with Crippen LogP contribution in [0.3, 0.4) is 0 Å². The van der Waals surface area contributed by atoms with Crippen molar-refractivity contribution in [2.45, 2.75) is 5.28 Å². The fourth-order valence-corrected chi connectivity index (χ4v) is 0.354. The summed E-state index contributed by atoms with van der Waals surface area (Å²) in [4.78, 5) is 0. The van der Waals surface area contributed by atoms with E-state index in [1.54, 1.807) is 0 Å². The number of allylic oxidation sites excluding steroid dienone is 1. The molecule has 0 saturated carbocycles. The maximum absolute atomic E-state index is 5.21. The van der Waals surface area contributed by atoms with Crippen molar-refractivity contribution in [3.8, 4) is 0 Å². The lowest BCUT2D eigenvalue weighted by atomic mass is 10.8. The van der Waals surface area contributed by atoms with Crippen LogP contribution in [0.25, 0.3) is 0 Å². The van der Waals surface area contributed by atoms with Gasteiger partial charge in [-0.2, -0.15) is 0 Å². The predicted octanol–water partition coefficient (Wildman–Crippen LogP) is -0.0991. The molecule has 0 aromatic heterocycles. The Morgan fingerprint density at radius 3 is 2.60 bits per heavy atom. The Morgan fingerprint density at radius 2 is 2.60 bits per heavy atom. The molecule has 0 rings (SSSR count). The standard InChI is InChI=1S/C3H5.Al.H2N.H/c1-3-2;;;/h3H,1-2H2;;1H2;/q;+1;-1;. The van der Waals surface area contributed by atoms with Gasteiger partial charge in [0.1, 0.15) is 0 Å². The maximum Gasteiger partial charge on any atom is 0.345 e. The maximum atomic E-state index is 5.21. The van der Waals surface area contributed by atoms with E-state index in [0.29, 0.717) is 0 Å². The van der Waals surface area contributed by atoms with Gasteiger partial charge in [0, 0.05) is 0 Å². The Balaban J connectivity index is 2.40. The van der Waals surface area contributed by atoms with Crippen molar-refractivity contribution < 1.29 is 0 Å². The van der Waals surface area contributed by atoms with E-state index in [-0.39, 0.29) is 15.4 Å². The molecule has 0 radical (unpaired) electrons. The van der Waals surface area contributed by atoms with Crippen molar-refractivity contribution >= 4 is 15.4 Å². The Bertz CT molecular complexity index is 28.1. The Kier molecular flexibility index (Phi) is 4.43. The van der Waals surface area contributed by atoms with E-state index in [1.165, 1.54) is 0 Å². The molecule has 0 aliphatic heterocycles. The fraction of sp³-hybridized carbons (Fsp3) is 0.333. The molecular formula is C3H8AlN. The third-order valence-electron chi connectivity index (χ3n) is 0.371. The molecule has 0 aliphatic carbocycles. The molecule has 0 atom stereocenters. The quantitative estimate of drug-likeness (QED) is 0.368. The van der Waals surface area contributed by atoms with E-state index >= 15 is 0 Å². The topological polar surface area (TPSA) is 26.0 Å². The lowest BCUT2D eigenvalue weighted by Crippen LogP contribution is -2.00. The second-order valence-corrected chi connectivity index (χ2v) is 2.02. The van der Waals surface area contributed by atoms with Gasteiger partial charge in [-0.15, -0.1) is 12.7 Å². The van der Waals surface area contributed by atoms with Gasteiger partial charge in [-0.25, -0.2) is 0 Å². The third-order valence-corrected chi connectivity index (χ3v) is 1.11. The summed E-state index contributed by atoms with van der Waals surface area (Å²) < 4.78 is 5.21. The van der Waals surface area contributed by atoms with Gasteiger partial charge < -0.3 is 4.72 Å². The van der Waals surface area contributed by atoms with E-state index in [4.69, 9.17) is 4.72 Å². The molecular weight excluding hydrogens is 77.0 g/mol. The van der Waals surface area contributed by atoms with E-state index in [1.807, 2.05) is 6.08 Å². The highest BCUT2D eigenvalue weighted by Gasteiger charge is 1.71. The molecule has 0 amide bonds. The molecule has 0 aliphatic rings. The van der Waals surface area contributed by atoms with Crippen molar-refractivity contribution in [3.63, 3.8) is 0 Å². The summed E-state index contributed by atoms with van der Waals surface area (Å²) >= 11 is -0.204. The molecule has 0 unspecified atom stereocenters. The van der Waals surface area contributed by atoms with Crippen molar-refractivity contribution in [2.24, 2.45) is 4.72 Å². The summed E-state index contributed by atoms with van der Waals surface area (Å²) in [5.74, 6) is 0. The van der Waals surface area contributed by atoms with Crippen molar-refractivity contribution in [1.29, 1.82) is 0 Å². The Labute approximate surface area is 38.8 Å². The molecule has 0 spiro atoms. The summed E-state index contributed by atoms with van der Waals surface area (Å²) in [7, 11) is 0. The van der Waals surface area contributed by atoms with Crippen LogP contribution in [0.5, 0.6) is 0 Å². The third kappa shape index (κ3) is 4.23. The minimum absolute atomic E-state index is 0.204. The van der Waals surface area contributed by atoms with Crippen molar-refractivity contribution in [3.05, 3.63) is 12.7 Å². The van der Waals surface area contributed by atoms with Crippen LogP contribution in [-0.2, 0) is 0 Å². The summed E-state index contributed by atoms with van der Waals surface area (Å²) in [5.41, 5.74) is 0. The second-order valence-electron chi connectivity index (χ2n) is 0.866. The Hall–Kier alpha value is 0.232. The molecule has 0 fully saturated rings. The number of hydrogen-bond donors (Lipinski definition) is 1. The summed E-state index contributed by atoms with van der Waals surface area (Å²) in [6.07, 6.45) is 1.87. The van der Waals surface area contributed by atoms with Gasteiger partial charge in [-0.05, 0) is 0 Å². The molecule has 0 aromatic carbocycles. The Morgan fingerprint density at radius 1 is 2.00 bits per heavy atom. The normalized spacial score (nSPS) is 6.60. The van der Waals surface area contributed by atoms with E-state index < -0.39 is 0 Å². The number of hydrogen-bond acceptors (Lipinski definition) is 1. The minimum Gasteiger partial charge on any atom is -0.415 e. The lowest BCUT2D eigenvalue weighted by Gasteiger charge is -1.68. The molecule has 2 heteroatoms. The molecule has 2 N–H and O–H groups in total. The summed E-state index contributed by atoms with van der Waals surface area (Å²) in [6, 6.07) is 0. The molecule has 0 bridgehead atoms. The first-order valence-corrected chi connectivity index (χ1v) is 3.54. The highest BCUT2D eigenvalue weighted by molar-refractivity contribution is 6.31. The molecule has 0 heterocycles. The fourth-order valence-electron chi connectivity index (χ4n) is 0.118. The zero-order valence-corrected chi connectivity index (χ0v) is 4.69. The zero-order chi connectivity index (χ0) is 4.12. The van der Waals surface area contributed by atoms with Gasteiger partial charge in [-0.3, -0.25) is 0 Å². The van der Waals surface area contributed by atoms with E-state index in [9.17, 15) is 0 Å².